The first-order chi connectivity index (χ1) is 13.6. The fraction of sp³-hybridized carbons (Fsp3) is 0.545. The van der Waals surface area contributed by atoms with Crippen LogP contribution in [0.15, 0.2) is 54.0 Å². The summed E-state index contributed by atoms with van der Waals surface area (Å²) in [6.07, 6.45) is 7.04. The molecule has 1 aromatic heterocycles. The molecule has 1 aliphatic heterocycles. The summed E-state index contributed by atoms with van der Waals surface area (Å²) in [7, 11) is 4.25. The molecule has 2 heterocycles. The highest BCUT2D eigenvalue weighted by Crippen LogP contribution is 2.27. The highest BCUT2D eigenvalue weighted by molar-refractivity contribution is 14.0. The average molecular weight is 510 g/mol. The summed E-state index contributed by atoms with van der Waals surface area (Å²) in [4.78, 5) is 13.9. The van der Waals surface area contributed by atoms with E-state index in [1.54, 1.807) is 0 Å². The molecule has 1 fully saturated rings. The lowest BCUT2D eigenvalue weighted by Gasteiger charge is -2.39. The molecule has 3 unspecified atom stereocenters. The first-order valence-electron chi connectivity index (χ1n) is 10.3. The Morgan fingerprint density at radius 3 is 2.69 bits per heavy atom. The molecule has 160 valence electrons. The van der Waals surface area contributed by atoms with Gasteiger partial charge in [-0.2, -0.15) is 0 Å². The molecular weight excluding hydrogens is 475 g/mol. The molecule has 0 amide bonds. The number of hydrogen-bond acceptors (Lipinski definition) is 3. The molecule has 3 rings (SSSR count). The molecule has 0 radical (unpaired) electrons. The van der Waals surface area contributed by atoms with Gasteiger partial charge in [0.2, 0.25) is 0 Å². The van der Waals surface area contributed by atoms with Crippen molar-refractivity contribution in [2.24, 2.45) is 10.9 Å². The van der Waals surface area contributed by atoms with E-state index in [1.807, 2.05) is 12.5 Å². The molecule has 0 spiro atoms. The second-order valence-corrected chi connectivity index (χ2v) is 7.87. The maximum atomic E-state index is 5.04. The lowest BCUT2D eigenvalue weighted by Crippen LogP contribution is -2.49. The summed E-state index contributed by atoms with van der Waals surface area (Å²) in [5, 5.41) is 3.51. The first-order valence-corrected chi connectivity index (χ1v) is 10.3. The summed E-state index contributed by atoms with van der Waals surface area (Å²) in [6.45, 7) is 8.08. The third-order valence-electron chi connectivity index (χ3n) is 5.68. The number of guanidine groups is 1. The molecule has 1 aliphatic rings. The maximum absolute atomic E-state index is 5.04. The molecule has 1 N–H and O–H groups in total. The van der Waals surface area contributed by atoms with Crippen molar-refractivity contribution in [1.82, 2.24) is 24.7 Å². The Balaban J connectivity index is 0.00000300. The van der Waals surface area contributed by atoms with E-state index in [0.29, 0.717) is 12.0 Å². The van der Waals surface area contributed by atoms with Crippen molar-refractivity contribution < 1.29 is 0 Å². The molecule has 7 heteroatoms. The second kappa shape index (κ2) is 11.5. The van der Waals surface area contributed by atoms with Gasteiger partial charge in [0, 0.05) is 32.0 Å². The number of imidazole rings is 1. The third kappa shape index (κ3) is 6.18. The topological polar surface area (TPSA) is 48.7 Å². The van der Waals surface area contributed by atoms with Crippen molar-refractivity contribution in [2.45, 2.75) is 32.4 Å². The fourth-order valence-electron chi connectivity index (χ4n) is 3.94. The molecule has 6 nitrogen and oxygen atoms in total. The van der Waals surface area contributed by atoms with E-state index in [0.717, 1.165) is 38.6 Å². The van der Waals surface area contributed by atoms with Gasteiger partial charge in [0.1, 0.15) is 0 Å². The van der Waals surface area contributed by atoms with Gasteiger partial charge in [-0.1, -0.05) is 37.3 Å². The van der Waals surface area contributed by atoms with Crippen LogP contribution in [0.25, 0.3) is 0 Å². The van der Waals surface area contributed by atoms with Crippen molar-refractivity contribution in [2.75, 3.05) is 40.3 Å². The number of hydrogen-bond donors (Lipinski definition) is 1. The summed E-state index contributed by atoms with van der Waals surface area (Å²) in [6, 6.07) is 11.3. The highest BCUT2D eigenvalue weighted by Gasteiger charge is 2.29. The van der Waals surface area contributed by atoms with Crippen LogP contribution in [0.5, 0.6) is 0 Å². The van der Waals surface area contributed by atoms with Crippen molar-refractivity contribution in [3.8, 4) is 0 Å². The number of halogens is 1. The van der Waals surface area contributed by atoms with Crippen molar-refractivity contribution in [3.63, 3.8) is 0 Å². The van der Waals surface area contributed by atoms with Crippen molar-refractivity contribution >= 4 is 29.9 Å². The fourth-order valence-corrected chi connectivity index (χ4v) is 3.94. The van der Waals surface area contributed by atoms with E-state index in [-0.39, 0.29) is 30.0 Å². The van der Waals surface area contributed by atoms with Crippen LogP contribution in [-0.4, -0.2) is 65.6 Å². The van der Waals surface area contributed by atoms with Gasteiger partial charge in [-0.15, -0.1) is 24.0 Å². The van der Waals surface area contributed by atoms with Gasteiger partial charge in [-0.25, -0.2) is 4.98 Å². The van der Waals surface area contributed by atoms with Gasteiger partial charge < -0.3 is 19.7 Å². The van der Waals surface area contributed by atoms with E-state index in [2.05, 4.69) is 89.1 Å². The minimum atomic E-state index is 0. The summed E-state index contributed by atoms with van der Waals surface area (Å²) in [5.74, 6) is 1.65. The van der Waals surface area contributed by atoms with E-state index in [4.69, 9.17) is 4.99 Å². The Kier molecular flexibility index (Phi) is 9.42. The highest BCUT2D eigenvalue weighted by atomic mass is 127. The molecule has 3 atom stereocenters. The quantitative estimate of drug-likeness (QED) is 0.366. The Hall–Kier alpha value is -1.61. The molecule has 0 saturated carbocycles. The summed E-state index contributed by atoms with van der Waals surface area (Å²) in [5.41, 5.74) is 1.30. The predicted molar refractivity (Wildman–Crippen MR) is 131 cm³/mol. The van der Waals surface area contributed by atoms with Crippen LogP contribution in [0, 0.1) is 5.92 Å². The summed E-state index contributed by atoms with van der Waals surface area (Å²) >= 11 is 0. The van der Waals surface area contributed by atoms with Crippen LogP contribution in [0.2, 0.25) is 0 Å². The van der Waals surface area contributed by atoms with Crippen LogP contribution in [0.4, 0.5) is 0 Å². The Morgan fingerprint density at radius 2 is 2.07 bits per heavy atom. The van der Waals surface area contributed by atoms with E-state index >= 15 is 0 Å². The Bertz CT molecular complexity index is 731. The number of piperidine rings is 1. The Morgan fingerprint density at radius 1 is 1.31 bits per heavy atom. The molecule has 1 aromatic carbocycles. The van der Waals surface area contributed by atoms with E-state index in [9.17, 15) is 0 Å². The number of nitrogens with one attached hydrogen (secondary N) is 1. The Labute approximate surface area is 192 Å². The van der Waals surface area contributed by atoms with Gasteiger partial charge in [-0.3, -0.25) is 4.99 Å². The van der Waals surface area contributed by atoms with E-state index in [1.165, 1.54) is 5.56 Å². The number of nitrogens with zero attached hydrogens (tertiary/aromatic N) is 5. The number of likely N-dealkylation sites (N-methyl/N-ethyl adjacent to an activating group) is 1. The number of rotatable bonds is 6. The lowest BCUT2D eigenvalue weighted by molar-refractivity contribution is 0.188. The molecule has 0 aliphatic carbocycles. The van der Waals surface area contributed by atoms with Crippen LogP contribution in [0.3, 0.4) is 0 Å². The van der Waals surface area contributed by atoms with Crippen LogP contribution in [-0.2, 0) is 0 Å². The van der Waals surface area contributed by atoms with Gasteiger partial charge in [0.05, 0.1) is 25.0 Å². The maximum Gasteiger partial charge on any atom is 0.194 e. The largest absolute Gasteiger partial charge is 0.357 e. The van der Waals surface area contributed by atoms with Gasteiger partial charge in [-0.05, 0) is 38.9 Å². The molecule has 0 bridgehead atoms. The van der Waals surface area contributed by atoms with Crippen LogP contribution < -0.4 is 5.32 Å². The minimum Gasteiger partial charge on any atom is -0.357 e. The smallest absolute Gasteiger partial charge is 0.194 e. The zero-order valence-corrected chi connectivity index (χ0v) is 20.4. The lowest BCUT2D eigenvalue weighted by atomic mass is 9.93. The number of aliphatic imine (C=N–C) groups is 1. The van der Waals surface area contributed by atoms with Crippen LogP contribution >= 0.6 is 24.0 Å². The van der Waals surface area contributed by atoms with Crippen molar-refractivity contribution in [3.05, 3.63) is 54.6 Å². The average Bonchev–Trinajstić information content (AvgIpc) is 3.23. The van der Waals surface area contributed by atoms with Gasteiger partial charge >= 0.3 is 0 Å². The number of likely N-dealkylation sites (tertiary alicyclic amines) is 1. The SMILES string of the molecule is CCNC(=NCC(c1ccccc1)N(C)C)N1CCC(C)C(n2ccnc2)C1.I. The predicted octanol–water partition coefficient (Wildman–Crippen LogP) is 3.65. The third-order valence-corrected chi connectivity index (χ3v) is 5.68. The molecular formula is C22H35IN6. The number of aromatic nitrogens is 2. The number of benzene rings is 1. The summed E-state index contributed by atoms with van der Waals surface area (Å²) < 4.78 is 2.24. The molecule has 2 aromatic rings. The standard InChI is InChI=1S/C22H34N6.HI/c1-5-24-22(25-15-20(26(3)4)19-9-7-6-8-10-19)27-13-11-18(2)21(16-27)28-14-12-23-17-28;/h6-10,12,14,17-18,20-21H,5,11,13,15-16H2,1-4H3,(H,24,25);1H. The van der Waals surface area contributed by atoms with Gasteiger partial charge in [0.15, 0.2) is 5.96 Å². The zero-order chi connectivity index (χ0) is 19.9. The minimum absolute atomic E-state index is 0. The van der Waals surface area contributed by atoms with Crippen molar-refractivity contribution in [1.29, 1.82) is 0 Å². The first kappa shape index (κ1) is 23.7. The molecule has 29 heavy (non-hydrogen) atoms. The normalized spacial score (nSPS) is 21.0. The molecule has 1 saturated heterocycles. The van der Waals surface area contributed by atoms with Crippen LogP contribution in [0.1, 0.15) is 37.9 Å². The van der Waals surface area contributed by atoms with E-state index < -0.39 is 0 Å². The second-order valence-electron chi connectivity index (χ2n) is 7.87. The monoisotopic (exact) mass is 510 g/mol. The zero-order valence-electron chi connectivity index (χ0n) is 18.0. The van der Waals surface area contributed by atoms with Gasteiger partial charge in [0.25, 0.3) is 0 Å².